The summed E-state index contributed by atoms with van der Waals surface area (Å²) in [6.07, 6.45) is 2.75. The van der Waals surface area contributed by atoms with Crippen molar-refractivity contribution in [1.29, 1.82) is 0 Å². The Morgan fingerprint density at radius 2 is 2.17 bits per heavy atom. The number of nitrogens with zero attached hydrogens (tertiary/aromatic N) is 3. The molecule has 100 valence electrons. The molecule has 1 aromatic heterocycles. The van der Waals surface area contributed by atoms with Gasteiger partial charge in [-0.05, 0) is 26.2 Å². The molecular formula is C13H21N3O2. The molecule has 0 saturated carbocycles. The minimum absolute atomic E-state index is 0.132. The second kappa shape index (κ2) is 5.50. The first-order valence-corrected chi connectivity index (χ1v) is 6.70. The van der Waals surface area contributed by atoms with Crippen molar-refractivity contribution in [3.63, 3.8) is 0 Å². The number of piperidine rings is 1. The Morgan fingerprint density at radius 3 is 2.67 bits per heavy atom. The molecule has 1 atom stereocenters. The molecule has 1 aliphatic heterocycles. The lowest BCUT2D eigenvalue weighted by atomic mass is 9.95. The van der Waals surface area contributed by atoms with Gasteiger partial charge in [-0.1, -0.05) is 19.0 Å². The molecular weight excluding hydrogens is 230 g/mol. The molecule has 0 spiro atoms. The van der Waals surface area contributed by atoms with Crippen molar-refractivity contribution in [2.24, 2.45) is 5.92 Å². The van der Waals surface area contributed by atoms with Crippen LogP contribution in [0.1, 0.15) is 50.7 Å². The summed E-state index contributed by atoms with van der Waals surface area (Å²) in [6, 6.07) is 0. The number of aromatic nitrogens is 2. The lowest BCUT2D eigenvalue weighted by Crippen LogP contribution is -2.40. The molecule has 0 aliphatic carbocycles. The molecule has 1 aromatic rings. The van der Waals surface area contributed by atoms with Crippen molar-refractivity contribution in [3.05, 3.63) is 11.7 Å². The summed E-state index contributed by atoms with van der Waals surface area (Å²) >= 11 is 0. The first-order valence-electron chi connectivity index (χ1n) is 6.70. The molecule has 0 bridgehead atoms. The summed E-state index contributed by atoms with van der Waals surface area (Å²) in [5.41, 5.74) is 0. The molecule has 0 radical (unpaired) electrons. The van der Waals surface area contributed by atoms with Crippen LogP contribution in [-0.2, 0) is 4.79 Å². The third-order valence-corrected chi connectivity index (χ3v) is 3.73. The van der Waals surface area contributed by atoms with Crippen LogP contribution >= 0.6 is 0 Å². The topological polar surface area (TPSA) is 59.2 Å². The first-order chi connectivity index (χ1) is 8.61. The van der Waals surface area contributed by atoms with E-state index in [1.807, 2.05) is 18.7 Å². The minimum Gasteiger partial charge on any atom is -0.342 e. The van der Waals surface area contributed by atoms with Gasteiger partial charge in [0.2, 0.25) is 11.8 Å². The summed E-state index contributed by atoms with van der Waals surface area (Å²) in [5, 5.41) is 3.82. The van der Waals surface area contributed by atoms with Gasteiger partial charge in [0.15, 0.2) is 5.82 Å². The van der Waals surface area contributed by atoms with Gasteiger partial charge in [-0.2, -0.15) is 4.98 Å². The maximum Gasteiger partial charge on any atom is 0.229 e. The average molecular weight is 251 g/mol. The van der Waals surface area contributed by atoms with Crippen molar-refractivity contribution in [2.75, 3.05) is 13.1 Å². The van der Waals surface area contributed by atoms with Crippen LogP contribution < -0.4 is 0 Å². The smallest absolute Gasteiger partial charge is 0.229 e. The fourth-order valence-electron chi connectivity index (χ4n) is 2.31. The number of carbonyl (C=O) groups is 1. The van der Waals surface area contributed by atoms with Crippen molar-refractivity contribution in [3.8, 4) is 0 Å². The molecule has 1 saturated heterocycles. The highest BCUT2D eigenvalue weighted by atomic mass is 16.5. The second-order valence-electron chi connectivity index (χ2n) is 5.09. The quantitative estimate of drug-likeness (QED) is 0.825. The summed E-state index contributed by atoms with van der Waals surface area (Å²) in [7, 11) is 0. The van der Waals surface area contributed by atoms with Gasteiger partial charge >= 0.3 is 0 Å². The largest absolute Gasteiger partial charge is 0.342 e. The van der Waals surface area contributed by atoms with E-state index >= 15 is 0 Å². The zero-order valence-corrected chi connectivity index (χ0v) is 11.3. The number of carbonyl (C=O) groups excluding carboxylic acids is 1. The highest BCUT2D eigenvalue weighted by Crippen LogP contribution is 2.27. The molecule has 5 heteroatoms. The zero-order valence-electron chi connectivity index (χ0n) is 11.3. The van der Waals surface area contributed by atoms with Crippen LogP contribution in [0.4, 0.5) is 0 Å². The van der Waals surface area contributed by atoms with Gasteiger partial charge in [-0.3, -0.25) is 4.79 Å². The third-order valence-electron chi connectivity index (χ3n) is 3.73. The van der Waals surface area contributed by atoms with Gasteiger partial charge in [0.05, 0.1) is 0 Å². The highest BCUT2D eigenvalue weighted by molar-refractivity contribution is 5.78. The van der Waals surface area contributed by atoms with Crippen LogP contribution in [0.25, 0.3) is 0 Å². The summed E-state index contributed by atoms with van der Waals surface area (Å²) in [4.78, 5) is 18.3. The molecule has 2 heterocycles. The van der Waals surface area contributed by atoms with E-state index in [1.165, 1.54) is 0 Å². The fourth-order valence-corrected chi connectivity index (χ4v) is 2.31. The summed E-state index contributed by atoms with van der Waals surface area (Å²) in [5.74, 6) is 2.13. The normalized spacial score (nSPS) is 18.9. The lowest BCUT2D eigenvalue weighted by Gasteiger charge is -2.32. The van der Waals surface area contributed by atoms with Crippen LogP contribution in [0.2, 0.25) is 0 Å². The first kappa shape index (κ1) is 13.1. The number of aryl methyl sites for hydroxylation is 1. The summed E-state index contributed by atoms with van der Waals surface area (Å²) in [6.45, 7) is 7.48. The van der Waals surface area contributed by atoms with E-state index in [4.69, 9.17) is 4.52 Å². The van der Waals surface area contributed by atoms with Gasteiger partial charge in [0, 0.05) is 24.9 Å². The average Bonchev–Trinajstić information content (AvgIpc) is 2.84. The van der Waals surface area contributed by atoms with E-state index in [9.17, 15) is 4.79 Å². The predicted octanol–water partition coefficient (Wildman–Crippen LogP) is 2.13. The van der Waals surface area contributed by atoms with Crippen LogP contribution in [0, 0.1) is 12.8 Å². The molecule has 1 fully saturated rings. The lowest BCUT2D eigenvalue weighted by molar-refractivity contribution is -0.136. The van der Waals surface area contributed by atoms with Crippen molar-refractivity contribution >= 4 is 5.91 Å². The molecule has 0 aromatic carbocycles. The molecule has 1 aliphatic rings. The highest BCUT2D eigenvalue weighted by Gasteiger charge is 2.28. The van der Waals surface area contributed by atoms with Gasteiger partial charge in [-0.15, -0.1) is 0 Å². The number of amides is 1. The standard InChI is InChI=1S/C13H21N3O2/c1-4-9(2)13(17)16-7-5-11(6-8-16)12-14-10(3)15-18-12/h9,11H,4-8H2,1-3H3. The molecule has 18 heavy (non-hydrogen) atoms. The van der Waals surface area contributed by atoms with Crippen molar-refractivity contribution < 1.29 is 9.32 Å². The van der Waals surface area contributed by atoms with E-state index in [0.29, 0.717) is 11.7 Å². The maximum atomic E-state index is 12.1. The second-order valence-corrected chi connectivity index (χ2v) is 5.09. The van der Waals surface area contributed by atoms with Crippen molar-refractivity contribution in [2.45, 2.75) is 46.0 Å². The van der Waals surface area contributed by atoms with Crippen LogP contribution in [-0.4, -0.2) is 34.0 Å². The summed E-state index contributed by atoms with van der Waals surface area (Å²) < 4.78 is 5.20. The van der Waals surface area contributed by atoms with E-state index < -0.39 is 0 Å². The van der Waals surface area contributed by atoms with E-state index in [2.05, 4.69) is 17.1 Å². The van der Waals surface area contributed by atoms with Gasteiger partial charge < -0.3 is 9.42 Å². The Morgan fingerprint density at radius 1 is 1.50 bits per heavy atom. The number of hydrogen-bond donors (Lipinski definition) is 0. The maximum absolute atomic E-state index is 12.1. The third kappa shape index (κ3) is 2.71. The predicted molar refractivity (Wildman–Crippen MR) is 67.0 cm³/mol. The Hall–Kier alpha value is -1.39. The number of hydrogen-bond acceptors (Lipinski definition) is 4. The van der Waals surface area contributed by atoms with Crippen LogP contribution in [0.5, 0.6) is 0 Å². The number of rotatable bonds is 3. The Kier molecular flexibility index (Phi) is 3.99. The van der Waals surface area contributed by atoms with E-state index in [-0.39, 0.29) is 11.8 Å². The van der Waals surface area contributed by atoms with Crippen LogP contribution in [0.15, 0.2) is 4.52 Å². The molecule has 0 N–H and O–H groups in total. The zero-order chi connectivity index (χ0) is 13.1. The monoisotopic (exact) mass is 251 g/mol. The molecule has 1 amide bonds. The Labute approximate surface area is 108 Å². The number of likely N-dealkylation sites (tertiary alicyclic amines) is 1. The van der Waals surface area contributed by atoms with Gasteiger partial charge in [0.25, 0.3) is 0 Å². The minimum atomic E-state index is 0.132. The van der Waals surface area contributed by atoms with Gasteiger partial charge in [0.1, 0.15) is 0 Å². The molecule has 5 nitrogen and oxygen atoms in total. The van der Waals surface area contributed by atoms with Crippen molar-refractivity contribution in [1.82, 2.24) is 15.0 Å². The molecule has 2 rings (SSSR count). The Balaban J connectivity index is 1.90. The van der Waals surface area contributed by atoms with Gasteiger partial charge in [-0.25, -0.2) is 0 Å². The Bertz CT molecular complexity index is 408. The molecule has 1 unspecified atom stereocenters. The van der Waals surface area contributed by atoms with E-state index in [0.717, 1.165) is 38.2 Å². The van der Waals surface area contributed by atoms with E-state index in [1.54, 1.807) is 0 Å². The fraction of sp³-hybridized carbons (Fsp3) is 0.769. The SMILES string of the molecule is CCC(C)C(=O)N1CCC(c2nc(C)no2)CC1. The van der Waals surface area contributed by atoms with Crippen LogP contribution in [0.3, 0.4) is 0 Å².